The number of imide groups is 1. The smallest absolute Gasteiger partial charge is 0.325 e. The van der Waals surface area contributed by atoms with Crippen LogP contribution >= 0.6 is 0 Å². The van der Waals surface area contributed by atoms with Crippen LogP contribution in [0.4, 0.5) is 4.79 Å². The lowest BCUT2D eigenvalue weighted by molar-refractivity contribution is -0.134. The van der Waals surface area contributed by atoms with Crippen molar-refractivity contribution in [2.24, 2.45) is 0 Å². The molecule has 0 aromatic heterocycles. The maximum Gasteiger partial charge on any atom is 0.325 e. The number of carbonyl (C=O) groups excluding carboxylic acids is 3. The molecule has 2 aromatic carbocycles. The predicted octanol–water partition coefficient (Wildman–Crippen LogP) is 2.31. The zero-order valence-corrected chi connectivity index (χ0v) is 18.4. The molecule has 164 valence electrons. The van der Waals surface area contributed by atoms with Crippen LogP contribution in [0.1, 0.15) is 30.0 Å². The minimum atomic E-state index is -1.01. The average Bonchev–Trinajstić information content (AvgIpc) is 2.95. The van der Waals surface area contributed by atoms with Gasteiger partial charge in [-0.15, -0.1) is 0 Å². The van der Waals surface area contributed by atoms with Gasteiger partial charge in [0, 0.05) is 13.1 Å². The van der Waals surface area contributed by atoms with Crippen molar-refractivity contribution < 1.29 is 14.4 Å². The molecule has 1 heterocycles. The molecule has 1 aliphatic heterocycles. The molecule has 0 bridgehead atoms. The third-order valence-electron chi connectivity index (χ3n) is 5.48. The second-order valence-electron chi connectivity index (χ2n) is 8.42. The number of hydrogen-bond donors (Lipinski definition) is 2. The van der Waals surface area contributed by atoms with Crippen LogP contribution in [0.2, 0.25) is 0 Å². The normalized spacial score (nSPS) is 18.4. The van der Waals surface area contributed by atoms with E-state index in [0.29, 0.717) is 19.4 Å². The monoisotopic (exact) mass is 422 g/mol. The van der Waals surface area contributed by atoms with Crippen molar-refractivity contribution in [2.45, 2.75) is 38.4 Å². The number of hydrogen-bond acceptors (Lipinski definition) is 4. The Balaban J connectivity index is 1.56. The summed E-state index contributed by atoms with van der Waals surface area (Å²) in [4.78, 5) is 40.9. The van der Waals surface area contributed by atoms with E-state index in [1.165, 1.54) is 0 Å². The molecule has 2 N–H and O–H groups in total. The largest absolute Gasteiger partial charge is 0.350 e. The van der Waals surface area contributed by atoms with Gasteiger partial charge in [-0.2, -0.15) is 0 Å². The first-order chi connectivity index (χ1) is 14.8. The Morgan fingerprint density at radius 1 is 1.03 bits per heavy atom. The average molecular weight is 423 g/mol. The zero-order valence-electron chi connectivity index (χ0n) is 18.4. The van der Waals surface area contributed by atoms with Gasteiger partial charge in [0.2, 0.25) is 5.91 Å². The fourth-order valence-corrected chi connectivity index (χ4v) is 3.72. The number of urea groups is 1. The molecule has 1 atom stereocenters. The van der Waals surface area contributed by atoms with Crippen LogP contribution in [0.5, 0.6) is 0 Å². The second-order valence-corrected chi connectivity index (χ2v) is 8.42. The lowest BCUT2D eigenvalue weighted by atomic mass is 9.93. The van der Waals surface area contributed by atoms with Crippen LogP contribution in [-0.4, -0.2) is 53.8 Å². The maximum absolute atomic E-state index is 12.9. The molecule has 1 aliphatic rings. The van der Waals surface area contributed by atoms with Gasteiger partial charge in [0.15, 0.2) is 0 Å². The molecule has 31 heavy (non-hydrogen) atoms. The van der Waals surface area contributed by atoms with Crippen LogP contribution in [0.15, 0.2) is 54.6 Å². The summed E-state index contributed by atoms with van der Waals surface area (Å²) in [5.74, 6) is -0.730. The maximum atomic E-state index is 12.9. The van der Waals surface area contributed by atoms with E-state index < -0.39 is 11.6 Å². The van der Waals surface area contributed by atoms with E-state index in [9.17, 15) is 14.4 Å². The predicted molar refractivity (Wildman–Crippen MR) is 119 cm³/mol. The first kappa shape index (κ1) is 22.5. The summed E-state index contributed by atoms with van der Waals surface area (Å²) in [5.41, 5.74) is 2.22. The van der Waals surface area contributed by atoms with E-state index in [1.807, 2.05) is 68.7 Å². The fourth-order valence-electron chi connectivity index (χ4n) is 3.72. The van der Waals surface area contributed by atoms with Crippen molar-refractivity contribution in [1.82, 2.24) is 20.4 Å². The van der Waals surface area contributed by atoms with Crippen molar-refractivity contribution >= 4 is 17.8 Å². The van der Waals surface area contributed by atoms with Crippen molar-refractivity contribution in [3.63, 3.8) is 0 Å². The Morgan fingerprint density at radius 2 is 1.68 bits per heavy atom. The third kappa shape index (κ3) is 5.70. The molecular weight excluding hydrogens is 392 g/mol. The van der Waals surface area contributed by atoms with Crippen LogP contribution in [0.25, 0.3) is 0 Å². The first-order valence-electron chi connectivity index (χ1n) is 10.4. The van der Waals surface area contributed by atoms with Gasteiger partial charge < -0.3 is 15.5 Å². The Labute approximate surface area is 183 Å². The number of aryl methyl sites for hydroxylation is 1. The molecule has 2 aromatic rings. The lowest BCUT2D eigenvalue weighted by Crippen LogP contribution is -2.45. The summed E-state index contributed by atoms with van der Waals surface area (Å²) in [6.45, 7) is 2.53. The van der Waals surface area contributed by atoms with E-state index >= 15 is 0 Å². The molecule has 7 heteroatoms. The summed E-state index contributed by atoms with van der Waals surface area (Å²) in [7, 11) is 3.98. The Morgan fingerprint density at radius 3 is 2.35 bits per heavy atom. The second kappa shape index (κ2) is 9.75. The van der Waals surface area contributed by atoms with E-state index in [-0.39, 0.29) is 18.4 Å². The summed E-state index contributed by atoms with van der Waals surface area (Å²) in [6.07, 6.45) is 1.13. The minimum Gasteiger partial charge on any atom is -0.350 e. The summed E-state index contributed by atoms with van der Waals surface area (Å²) in [5, 5.41) is 5.60. The number of carbonyl (C=O) groups is 3. The SMILES string of the molecule is CN(C)Cc1ccccc1CNC(=O)CN1C(=O)N[C@](C)(CCc2ccccc2)C1=O. The van der Waals surface area contributed by atoms with Crippen molar-refractivity contribution in [3.8, 4) is 0 Å². The highest BCUT2D eigenvalue weighted by atomic mass is 16.2. The third-order valence-corrected chi connectivity index (χ3v) is 5.48. The summed E-state index contributed by atoms with van der Waals surface area (Å²) >= 11 is 0. The standard InChI is InChI=1S/C24H30N4O3/c1-24(14-13-18-9-5-4-6-10-18)22(30)28(23(31)26-24)17-21(29)25-15-19-11-7-8-12-20(19)16-27(2)3/h4-12H,13-17H2,1-3H3,(H,25,29)(H,26,31)/t24-/m1/s1. The number of nitrogens with zero attached hydrogens (tertiary/aromatic N) is 2. The topological polar surface area (TPSA) is 81.8 Å². The van der Waals surface area contributed by atoms with Crippen LogP contribution in [-0.2, 0) is 29.1 Å². The Bertz CT molecular complexity index is 945. The first-order valence-corrected chi connectivity index (χ1v) is 10.4. The zero-order chi connectivity index (χ0) is 22.4. The van der Waals surface area contributed by atoms with Crippen LogP contribution in [0.3, 0.4) is 0 Å². The minimum absolute atomic E-state index is 0.290. The molecule has 7 nitrogen and oxygen atoms in total. The van der Waals surface area contributed by atoms with Gasteiger partial charge in [0.1, 0.15) is 12.1 Å². The molecular formula is C24H30N4O3. The quantitative estimate of drug-likeness (QED) is 0.608. The number of rotatable bonds is 9. The van der Waals surface area contributed by atoms with Gasteiger partial charge in [0.25, 0.3) is 5.91 Å². The summed E-state index contributed by atoms with van der Waals surface area (Å²) in [6, 6.07) is 17.2. The molecule has 1 fully saturated rings. The van der Waals surface area contributed by atoms with E-state index in [4.69, 9.17) is 0 Å². The van der Waals surface area contributed by atoms with Crippen LogP contribution < -0.4 is 10.6 Å². The highest BCUT2D eigenvalue weighted by Gasteiger charge is 2.47. The van der Waals surface area contributed by atoms with E-state index in [1.54, 1.807) is 6.92 Å². The van der Waals surface area contributed by atoms with Crippen molar-refractivity contribution in [2.75, 3.05) is 20.6 Å². The molecule has 0 radical (unpaired) electrons. The molecule has 3 rings (SSSR count). The fraction of sp³-hybridized carbons (Fsp3) is 0.375. The van der Waals surface area contributed by atoms with Gasteiger partial charge in [-0.3, -0.25) is 14.5 Å². The lowest BCUT2D eigenvalue weighted by Gasteiger charge is -2.21. The molecule has 4 amide bonds. The number of nitrogens with one attached hydrogen (secondary N) is 2. The van der Waals surface area contributed by atoms with Crippen LogP contribution in [0, 0.1) is 0 Å². The highest BCUT2D eigenvalue weighted by molar-refractivity contribution is 6.08. The Hall–Kier alpha value is -3.19. The van der Waals surface area contributed by atoms with Gasteiger partial charge in [0.05, 0.1) is 0 Å². The van der Waals surface area contributed by atoms with Crippen molar-refractivity contribution in [1.29, 1.82) is 0 Å². The molecule has 0 saturated carbocycles. The van der Waals surface area contributed by atoms with Gasteiger partial charge in [-0.05, 0) is 50.6 Å². The van der Waals surface area contributed by atoms with Crippen molar-refractivity contribution in [3.05, 3.63) is 71.3 Å². The van der Waals surface area contributed by atoms with Gasteiger partial charge in [-0.1, -0.05) is 54.6 Å². The molecule has 1 saturated heterocycles. The summed E-state index contributed by atoms with van der Waals surface area (Å²) < 4.78 is 0. The molecule has 0 spiro atoms. The van der Waals surface area contributed by atoms with Gasteiger partial charge >= 0.3 is 6.03 Å². The number of benzene rings is 2. The van der Waals surface area contributed by atoms with E-state index in [2.05, 4.69) is 15.5 Å². The molecule has 0 unspecified atom stereocenters. The van der Waals surface area contributed by atoms with E-state index in [0.717, 1.165) is 28.1 Å². The molecule has 0 aliphatic carbocycles. The Kier molecular flexibility index (Phi) is 7.07. The number of amides is 4. The van der Waals surface area contributed by atoms with Gasteiger partial charge in [-0.25, -0.2) is 4.79 Å². The highest BCUT2D eigenvalue weighted by Crippen LogP contribution is 2.23.